The van der Waals surface area contributed by atoms with Gasteiger partial charge in [-0.05, 0) is 62.7 Å². The molecule has 0 amide bonds. The lowest BCUT2D eigenvalue weighted by Crippen LogP contribution is -2.39. The number of aliphatic hydroxyl groups is 1. The fourth-order valence-corrected chi connectivity index (χ4v) is 4.98. The van der Waals surface area contributed by atoms with Crippen LogP contribution < -0.4 is 0 Å². The highest BCUT2D eigenvalue weighted by atomic mass is 16.4. The van der Waals surface area contributed by atoms with Crippen LogP contribution in [0.1, 0.15) is 72.1 Å². The van der Waals surface area contributed by atoms with Gasteiger partial charge in [-0.15, -0.1) is 0 Å². The molecule has 4 heteroatoms. The number of carboxylic acids is 1. The minimum atomic E-state index is -1.62. The zero-order chi connectivity index (χ0) is 16.5. The highest BCUT2D eigenvalue weighted by molar-refractivity contribution is 5.83. The number of fused-ring (bicyclic) bond motifs is 1. The first-order valence-corrected chi connectivity index (χ1v) is 8.67. The molecule has 2 aliphatic carbocycles. The van der Waals surface area contributed by atoms with Crippen molar-refractivity contribution in [3.63, 3.8) is 0 Å². The van der Waals surface area contributed by atoms with Gasteiger partial charge in [-0.2, -0.15) is 0 Å². The van der Waals surface area contributed by atoms with E-state index in [4.69, 9.17) is 5.11 Å². The summed E-state index contributed by atoms with van der Waals surface area (Å²) in [6.07, 6.45) is 6.98. The number of Topliss-reactive ketones (excluding diaryl/α,β-unsaturated/α-hetero) is 1. The van der Waals surface area contributed by atoms with Gasteiger partial charge in [0.1, 0.15) is 5.78 Å². The summed E-state index contributed by atoms with van der Waals surface area (Å²) < 4.78 is 0. The fourth-order valence-electron chi connectivity index (χ4n) is 4.98. The van der Waals surface area contributed by atoms with Gasteiger partial charge in [0.15, 0.2) is 5.60 Å². The van der Waals surface area contributed by atoms with E-state index in [2.05, 4.69) is 13.8 Å². The van der Waals surface area contributed by atoms with E-state index in [-0.39, 0.29) is 11.3 Å². The maximum Gasteiger partial charge on any atom is 0.335 e. The SMILES string of the molecule is C[C@H](CCC[C@@](C)(O)C(=O)O)[C@H]1CCC2C(=O)CCC[C@@]21C. The molecule has 0 heterocycles. The van der Waals surface area contributed by atoms with Crippen LogP contribution in [0.25, 0.3) is 0 Å². The minimum absolute atomic E-state index is 0.143. The van der Waals surface area contributed by atoms with E-state index in [9.17, 15) is 14.7 Å². The number of rotatable bonds is 6. The number of hydrogen-bond acceptors (Lipinski definition) is 3. The van der Waals surface area contributed by atoms with Crippen molar-refractivity contribution in [3.8, 4) is 0 Å². The van der Waals surface area contributed by atoms with Gasteiger partial charge in [0.2, 0.25) is 0 Å². The van der Waals surface area contributed by atoms with E-state index in [0.29, 0.717) is 30.5 Å². The molecule has 4 nitrogen and oxygen atoms in total. The number of carbonyl (C=O) groups is 2. The Hall–Kier alpha value is -0.900. The quantitative estimate of drug-likeness (QED) is 0.788. The lowest BCUT2D eigenvalue weighted by Gasteiger charge is -2.42. The predicted octanol–water partition coefficient (Wildman–Crippen LogP) is 3.41. The molecule has 126 valence electrons. The lowest BCUT2D eigenvalue weighted by molar-refractivity contribution is -0.157. The highest BCUT2D eigenvalue weighted by Gasteiger charge is 2.52. The molecular weight excluding hydrogens is 280 g/mol. The molecule has 2 rings (SSSR count). The third kappa shape index (κ3) is 3.22. The van der Waals surface area contributed by atoms with Crippen LogP contribution in [0.2, 0.25) is 0 Å². The van der Waals surface area contributed by atoms with Gasteiger partial charge in [0.25, 0.3) is 0 Å². The molecule has 2 N–H and O–H groups in total. The average molecular weight is 310 g/mol. The van der Waals surface area contributed by atoms with Crippen molar-refractivity contribution in [3.05, 3.63) is 0 Å². The van der Waals surface area contributed by atoms with E-state index in [1.54, 1.807) is 0 Å². The maximum absolute atomic E-state index is 12.2. The number of carboxylic acid groups (broad SMARTS) is 1. The molecule has 0 spiro atoms. The van der Waals surface area contributed by atoms with E-state index in [0.717, 1.165) is 38.5 Å². The Morgan fingerprint density at radius 3 is 2.77 bits per heavy atom. The molecule has 22 heavy (non-hydrogen) atoms. The van der Waals surface area contributed by atoms with Crippen LogP contribution in [-0.4, -0.2) is 27.6 Å². The second-order valence-electron chi connectivity index (χ2n) is 8.01. The zero-order valence-corrected chi connectivity index (χ0v) is 14.1. The van der Waals surface area contributed by atoms with E-state index in [1.807, 2.05) is 0 Å². The van der Waals surface area contributed by atoms with Crippen LogP contribution in [-0.2, 0) is 9.59 Å². The maximum atomic E-state index is 12.2. The zero-order valence-electron chi connectivity index (χ0n) is 14.1. The van der Waals surface area contributed by atoms with Gasteiger partial charge in [0, 0.05) is 12.3 Å². The molecular formula is C18H30O4. The monoisotopic (exact) mass is 310 g/mol. The largest absolute Gasteiger partial charge is 0.479 e. The summed E-state index contributed by atoms with van der Waals surface area (Å²) in [6.45, 7) is 5.88. The first-order chi connectivity index (χ1) is 10.2. The Kier molecular flexibility index (Phi) is 5.00. The third-order valence-electron chi connectivity index (χ3n) is 6.41. The number of ketones is 1. The Morgan fingerprint density at radius 1 is 1.45 bits per heavy atom. The van der Waals surface area contributed by atoms with Crippen LogP contribution in [0.4, 0.5) is 0 Å². The van der Waals surface area contributed by atoms with Crippen LogP contribution in [0.3, 0.4) is 0 Å². The van der Waals surface area contributed by atoms with Crippen molar-refractivity contribution in [2.45, 2.75) is 77.7 Å². The number of aliphatic carboxylic acids is 1. The first-order valence-electron chi connectivity index (χ1n) is 8.67. The van der Waals surface area contributed by atoms with E-state index < -0.39 is 11.6 Å². The number of hydrogen-bond donors (Lipinski definition) is 2. The van der Waals surface area contributed by atoms with E-state index in [1.165, 1.54) is 6.92 Å². The summed E-state index contributed by atoms with van der Waals surface area (Å²) in [6, 6.07) is 0. The summed E-state index contributed by atoms with van der Waals surface area (Å²) in [4.78, 5) is 23.1. The molecule has 0 bridgehead atoms. The second-order valence-corrected chi connectivity index (χ2v) is 8.01. The molecule has 2 fully saturated rings. The molecule has 1 unspecified atom stereocenters. The standard InChI is InChI=1S/C18H30O4/c1-12(6-4-11-18(3,22)16(20)21)13-8-9-14-15(19)7-5-10-17(13,14)2/h12-14,22H,4-11H2,1-3H3,(H,20,21)/t12-,13-,14?,17-,18-/m1/s1. The molecule has 0 radical (unpaired) electrons. The Balaban J connectivity index is 1.92. The average Bonchev–Trinajstić information content (AvgIpc) is 2.76. The van der Waals surface area contributed by atoms with Crippen molar-refractivity contribution in [1.29, 1.82) is 0 Å². The van der Waals surface area contributed by atoms with Gasteiger partial charge >= 0.3 is 5.97 Å². The smallest absolute Gasteiger partial charge is 0.335 e. The summed E-state index contributed by atoms with van der Waals surface area (Å²) in [5, 5.41) is 18.8. The van der Waals surface area contributed by atoms with Crippen LogP contribution in [0.5, 0.6) is 0 Å². The van der Waals surface area contributed by atoms with Crippen LogP contribution in [0, 0.1) is 23.2 Å². The first kappa shape index (κ1) is 17.5. The molecule has 2 aliphatic rings. The van der Waals surface area contributed by atoms with Gasteiger partial charge in [-0.3, -0.25) is 4.79 Å². The molecule has 5 atom stereocenters. The predicted molar refractivity (Wildman–Crippen MR) is 84.5 cm³/mol. The Labute approximate surface area is 133 Å². The van der Waals surface area contributed by atoms with Gasteiger partial charge < -0.3 is 10.2 Å². The normalized spacial score (nSPS) is 35.7. The fraction of sp³-hybridized carbons (Fsp3) is 0.889. The van der Waals surface area contributed by atoms with Gasteiger partial charge in [-0.1, -0.05) is 20.3 Å². The summed E-state index contributed by atoms with van der Waals surface area (Å²) in [5.74, 6) is 0.584. The third-order valence-corrected chi connectivity index (χ3v) is 6.41. The van der Waals surface area contributed by atoms with Gasteiger partial charge in [0.05, 0.1) is 0 Å². The number of carbonyl (C=O) groups excluding carboxylic acids is 1. The lowest BCUT2D eigenvalue weighted by atomic mass is 9.62. The van der Waals surface area contributed by atoms with Crippen LogP contribution >= 0.6 is 0 Å². The second kappa shape index (κ2) is 6.31. The van der Waals surface area contributed by atoms with Gasteiger partial charge in [-0.25, -0.2) is 4.79 Å². The highest BCUT2D eigenvalue weighted by Crippen LogP contribution is 2.57. The molecule has 0 aromatic heterocycles. The summed E-state index contributed by atoms with van der Waals surface area (Å²) in [7, 11) is 0. The van der Waals surface area contributed by atoms with Crippen molar-refractivity contribution >= 4 is 11.8 Å². The van der Waals surface area contributed by atoms with Crippen molar-refractivity contribution < 1.29 is 19.8 Å². The van der Waals surface area contributed by atoms with Crippen molar-refractivity contribution in [2.75, 3.05) is 0 Å². The Bertz CT molecular complexity index is 442. The molecule has 0 aromatic rings. The van der Waals surface area contributed by atoms with E-state index >= 15 is 0 Å². The molecule has 0 saturated heterocycles. The Morgan fingerprint density at radius 2 is 2.14 bits per heavy atom. The summed E-state index contributed by atoms with van der Waals surface area (Å²) >= 11 is 0. The van der Waals surface area contributed by atoms with Crippen molar-refractivity contribution in [1.82, 2.24) is 0 Å². The molecule has 2 saturated carbocycles. The minimum Gasteiger partial charge on any atom is -0.479 e. The molecule has 0 aliphatic heterocycles. The molecule has 0 aromatic carbocycles. The van der Waals surface area contributed by atoms with Crippen LogP contribution in [0.15, 0.2) is 0 Å². The topological polar surface area (TPSA) is 74.6 Å². The summed E-state index contributed by atoms with van der Waals surface area (Å²) in [5.41, 5.74) is -1.48. The van der Waals surface area contributed by atoms with Crippen molar-refractivity contribution in [2.24, 2.45) is 23.2 Å².